The van der Waals surface area contributed by atoms with Crippen LogP contribution in [0.3, 0.4) is 0 Å². The van der Waals surface area contributed by atoms with Crippen LogP contribution in [0, 0.1) is 6.92 Å². The lowest BCUT2D eigenvalue weighted by Crippen LogP contribution is -2.50. The molecule has 3 aromatic carbocycles. The first-order chi connectivity index (χ1) is 16.5. The van der Waals surface area contributed by atoms with Crippen molar-refractivity contribution >= 4 is 22.6 Å². The Morgan fingerprint density at radius 1 is 0.971 bits per heavy atom. The Morgan fingerprint density at radius 2 is 1.71 bits per heavy atom. The molecule has 1 aliphatic rings. The number of carbonyl (C=O) groups is 2. The van der Waals surface area contributed by atoms with Gasteiger partial charge < -0.3 is 10.2 Å². The molecule has 1 N–H and O–H groups in total. The lowest BCUT2D eigenvalue weighted by Gasteiger charge is -2.31. The largest absolute Gasteiger partial charge is 0.352 e. The van der Waals surface area contributed by atoms with E-state index in [1.54, 1.807) is 4.90 Å². The van der Waals surface area contributed by atoms with Crippen molar-refractivity contribution in [3.05, 3.63) is 83.4 Å². The summed E-state index contributed by atoms with van der Waals surface area (Å²) in [4.78, 5) is 28.4. The van der Waals surface area contributed by atoms with Gasteiger partial charge in [0.15, 0.2) is 0 Å². The SMILES string of the molecule is Cc1cccc(CN(C(=O)CCc2cccc3ccccc23)[C@@H](C)C(=O)NC2CCCCC2)c1. The molecule has 1 fully saturated rings. The van der Waals surface area contributed by atoms with Crippen molar-refractivity contribution in [2.24, 2.45) is 0 Å². The molecule has 0 aliphatic heterocycles. The quantitative estimate of drug-likeness (QED) is 0.455. The van der Waals surface area contributed by atoms with Crippen molar-refractivity contribution in [1.29, 1.82) is 0 Å². The number of aryl methyl sites for hydroxylation is 2. The van der Waals surface area contributed by atoms with Gasteiger partial charge in [-0.05, 0) is 55.0 Å². The van der Waals surface area contributed by atoms with E-state index in [2.05, 4.69) is 48.6 Å². The number of rotatable bonds is 8. The number of nitrogens with one attached hydrogen (secondary N) is 1. The van der Waals surface area contributed by atoms with Gasteiger partial charge in [-0.1, -0.05) is 91.6 Å². The normalized spacial score (nSPS) is 15.1. The third-order valence-electron chi connectivity index (χ3n) is 7.04. The third-order valence-corrected chi connectivity index (χ3v) is 7.04. The van der Waals surface area contributed by atoms with Gasteiger partial charge in [0.2, 0.25) is 11.8 Å². The molecule has 0 spiro atoms. The highest BCUT2D eigenvalue weighted by molar-refractivity contribution is 5.89. The van der Waals surface area contributed by atoms with Crippen molar-refractivity contribution in [3.63, 3.8) is 0 Å². The Morgan fingerprint density at radius 3 is 2.50 bits per heavy atom. The zero-order valence-electron chi connectivity index (χ0n) is 20.4. The van der Waals surface area contributed by atoms with Gasteiger partial charge in [0.1, 0.15) is 6.04 Å². The van der Waals surface area contributed by atoms with E-state index in [4.69, 9.17) is 0 Å². The number of fused-ring (bicyclic) bond motifs is 1. The summed E-state index contributed by atoms with van der Waals surface area (Å²) >= 11 is 0. The standard InChI is InChI=1S/C30H36N2O2/c1-22-10-8-11-24(20-22)21-32(23(2)30(34)31-27-15-4-3-5-16-27)29(33)19-18-26-14-9-13-25-12-6-7-17-28(25)26/h6-14,17,20,23,27H,3-5,15-16,18-19,21H2,1-2H3,(H,31,34)/t23-/m0/s1. The topological polar surface area (TPSA) is 49.4 Å². The number of benzene rings is 3. The van der Waals surface area contributed by atoms with E-state index in [-0.39, 0.29) is 17.9 Å². The second-order valence-corrected chi connectivity index (χ2v) is 9.67. The van der Waals surface area contributed by atoms with Gasteiger partial charge >= 0.3 is 0 Å². The number of carbonyl (C=O) groups excluding carboxylic acids is 2. The predicted octanol–water partition coefficient (Wildman–Crippen LogP) is 5.95. The second-order valence-electron chi connectivity index (χ2n) is 9.67. The van der Waals surface area contributed by atoms with E-state index in [9.17, 15) is 9.59 Å². The summed E-state index contributed by atoms with van der Waals surface area (Å²) in [6, 6.07) is 22.4. The molecule has 0 unspecified atom stereocenters. The summed E-state index contributed by atoms with van der Waals surface area (Å²) in [5, 5.41) is 5.59. The molecule has 1 aliphatic carbocycles. The molecule has 4 heteroatoms. The molecule has 1 atom stereocenters. The van der Waals surface area contributed by atoms with Crippen LogP contribution in [0.5, 0.6) is 0 Å². The molecule has 3 aromatic rings. The molecule has 34 heavy (non-hydrogen) atoms. The Bertz CT molecular complexity index is 1130. The Balaban J connectivity index is 1.50. The van der Waals surface area contributed by atoms with Crippen molar-refractivity contribution in [1.82, 2.24) is 10.2 Å². The van der Waals surface area contributed by atoms with Crippen LogP contribution in [-0.4, -0.2) is 28.8 Å². The number of hydrogen-bond acceptors (Lipinski definition) is 2. The minimum absolute atomic E-state index is 0.0146. The van der Waals surface area contributed by atoms with Crippen molar-refractivity contribution < 1.29 is 9.59 Å². The average Bonchev–Trinajstić information content (AvgIpc) is 2.86. The molecular weight excluding hydrogens is 420 g/mol. The molecule has 0 bridgehead atoms. The number of hydrogen-bond donors (Lipinski definition) is 1. The maximum Gasteiger partial charge on any atom is 0.242 e. The van der Waals surface area contributed by atoms with E-state index in [0.29, 0.717) is 19.4 Å². The maximum atomic E-state index is 13.5. The average molecular weight is 457 g/mol. The first-order valence-corrected chi connectivity index (χ1v) is 12.6. The molecule has 0 saturated heterocycles. The highest BCUT2D eigenvalue weighted by Crippen LogP contribution is 2.22. The molecule has 1 saturated carbocycles. The molecular formula is C30H36N2O2. The lowest BCUT2D eigenvalue weighted by molar-refractivity contribution is -0.141. The van der Waals surface area contributed by atoms with Crippen molar-refractivity contribution in [2.75, 3.05) is 0 Å². The van der Waals surface area contributed by atoms with E-state index < -0.39 is 6.04 Å². The zero-order valence-corrected chi connectivity index (χ0v) is 20.4. The molecule has 0 radical (unpaired) electrons. The van der Waals surface area contributed by atoms with Crippen LogP contribution in [0.4, 0.5) is 0 Å². The van der Waals surface area contributed by atoms with Gasteiger partial charge in [-0.3, -0.25) is 9.59 Å². The van der Waals surface area contributed by atoms with E-state index in [1.165, 1.54) is 22.8 Å². The lowest BCUT2D eigenvalue weighted by atomic mass is 9.95. The first kappa shape index (κ1) is 24.0. The van der Waals surface area contributed by atoms with Crippen LogP contribution in [-0.2, 0) is 22.6 Å². The van der Waals surface area contributed by atoms with Crippen LogP contribution in [0.2, 0.25) is 0 Å². The summed E-state index contributed by atoms with van der Waals surface area (Å²) < 4.78 is 0. The van der Waals surface area contributed by atoms with Crippen LogP contribution in [0.15, 0.2) is 66.7 Å². The van der Waals surface area contributed by atoms with Gasteiger partial charge in [-0.25, -0.2) is 0 Å². The fourth-order valence-electron chi connectivity index (χ4n) is 5.05. The summed E-state index contributed by atoms with van der Waals surface area (Å²) in [5.74, 6) is -0.0289. The van der Waals surface area contributed by atoms with E-state index in [1.807, 2.05) is 37.3 Å². The van der Waals surface area contributed by atoms with Gasteiger partial charge in [-0.15, -0.1) is 0 Å². The first-order valence-electron chi connectivity index (χ1n) is 12.6. The molecule has 2 amide bonds. The summed E-state index contributed by atoms with van der Waals surface area (Å²) in [7, 11) is 0. The zero-order chi connectivity index (χ0) is 23.9. The van der Waals surface area contributed by atoms with Crippen LogP contribution >= 0.6 is 0 Å². The van der Waals surface area contributed by atoms with E-state index in [0.717, 1.165) is 36.8 Å². The van der Waals surface area contributed by atoms with Crippen LogP contribution in [0.25, 0.3) is 10.8 Å². The summed E-state index contributed by atoms with van der Waals surface area (Å²) in [6.45, 7) is 4.36. The van der Waals surface area contributed by atoms with Crippen LogP contribution < -0.4 is 5.32 Å². The van der Waals surface area contributed by atoms with Gasteiger partial charge in [0.25, 0.3) is 0 Å². The number of amides is 2. The number of nitrogens with zero attached hydrogens (tertiary/aromatic N) is 1. The fraction of sp³-hybridized carbons (Fsp3) is 0.400. The Labute approximate surface area is 203 Å². The molecule has 178 valence electrons. The third kappa shape index (κ3) is 6.05. The summed E-state index contributed by atoms with van der Waals surface area (Å²) in [6.07, 6.45) is 6.67. The molecule has 0 aromatic heterocycles. The Kier molecular flexibility index (Phi) is 7.99. The second kappa shape index (κ2) is 11.3. The Hall–Kier alpha value is -3.14. The van der Waals surface area contributed by atoms with E-state index >= 15 is 0 Å². The highest BCUT2D eigenvalue weighted by atomic mass is 16.2. The minimum Gasteiger partial charge on any atom is -0.352 e. The maximum absolute atomic E-state index is 13.5. The van der Waals surface area contributed by atoms with Gasteiger partial charge in [0.05, 0.1) is 0 Å². The predicted molar refractivity (Wildman–Crippen MR) is 138 cm³/mol. The minimum atomic E-state index is -0.512. The summed E-state index contributed by atoms with van der Waals surface area (Å²) in [5.41, 5.74) is 3.37. The van der Waals surface area contributed by atoms with Crippen LogP contribution in [0.1, 0.15) is 62.1 Å². The van der Waals surface area contributed by atoms with Crippen molar-refractivity contribution in [3.8, 4) is 0 Å². The fourth-order valence-corrected chi connectivity index (χ4v) is 5.05. The highest BCUT2D eigenvalue weighted by Gasteiger charge is 2.28. The smallest absolute Gasteiger partial charge is 0.242 e. The van der Waals surface area contributed by atoms with Gasteiger partial charge in [0, 0.05) is 19.0 Å². The van der Waals surface area contributed by atoms with Gasteiger partial charge in [-0.2, -0.15) is 0 Å². The molecule has 4 rings (SSSR count). The molecule has 4 nitrogen and oxygen atoms in total. The monoisotopic (exact) mass is 456 g/mol. The molecule has 0 heterocycles. The van der Waals surface area contributed by atoms with Crippen molar-refractivity contribution in [2.45, 2.75) is 77.4 Å².